The first-order valence-electron chi connectivity index (χ1n) is 5.13. The van der Waals surface area contributed by atoms with E-state index in [4.69, 9.17) is 5.73 Å². The monoisotopic (exact) mass is 228 g/mol. The molecular formula is C9H16N4O3. The van der Waals surface area contributed by atoms with Crippen LogP contribution in [0.1, 0.15) is 20.3 Å². The molecule has 16 heavy (non-hydrogen) atoms. The molecule has 0 aliphatic carbocycles. The number of nitrogens with one attached hydrogen (secondary N) is 2. The van der Waals surface area contributed by atoms with Gasteiger partial charge >= 0.3 is 12.1 Å². The highest BCUT2D eigenvalue weighted by atomic mass is 16.2. The molecule has 1 heterocycles. The number of nitrogens with two attached hydrogens (primary N) is 1. The van der Waals surface area contributed by atoms with Gasteiger partial charge in [-0.05, 0) is 5.92 Å². The van der Waals surface area contributed by atoms with E-state index in [2.05, 4.69) is 10.6 Å². The standard InChI is InChI=1S/C9H16N4O3/c1-3-5(2)4-13-7(14)6(11-8(10)15)12-9(13)16/h5-6H,3-4H2,1-2H3,(H,12,16)(H3,10,11,15). The van der Waals surface area contributed by atoms with E-state index < -0.39 is 24.1 Å². The van der Waals surface area contributed by atoms with Gasteiger partial charge < -0.3 is 16.4 Å². The molecular weight excluding hydrogens is 212 g/mol. The number of amides is 5. The van der Waals surface area contributed by atoms with E-state index in [1.54, 1.807) is 0 Å². The number of nitrogens with zero attached hydrogens (tertiary/aromatic N) is 1. The van der Waals surface area contributed by atoms with Crippen LogP contribution in [0.3, 0.4) is 0 Å². The summed E-state index contributed by atoms with van der Waals surface area (Å²) in [7, 11) is 0. The van der Waals surface area contributed by atoms with Crippen molar-refractivity contribution in [2.75, 3.05) is 6.54 Å². The molecule has 1 aliphatic heterocycles. The fraction of sp³-hybridized carbons (Fsp3) is 0.667. The topological polar surface area (TPSA) is 105 Å². The fourth-order valence-corrected chi connectivity index (χ4v) is 1.37. The van der Waals surface area contributed by atoms with Crippen LogP contribution in [0.5, 0.6) is 0 Å². The van der Waals surface area contributed by atoms with Crippen molar-refractivity contribution in [2.45, 2.75) is 26.4 Å². The van der Waals surface area contributed by atoms with Gasteiger partial charge in [0.1, 0.15) is 0 Å². The summed E-state index contributed by atoms with van der Waals surface area (Å²) in [6, 6.07) is -1.34. The van der Waals surface area contributed by atoms with Crippen LogP contribution in [0.4, 0.5) is 9.59 Å². The maximum atomic E-state index is 11.7. The van der Waals surface area contributed by atoms with Crippen molar-refractivity contribution in [3.63, 3.8) is 0 Å². The Labute approximate surface area is 93.3 Å². The molecule has 90 valence electrons. The van der Waals surface area contributed by atoms with Gasteiger partial charge in [-0.2, -0.15) is 0 Å². The second kappa shape index (κ2) is 4.82. The van der Waals surface area contributed by atoms with Crippen LogP contribution in [-0.4, -0.2) is 35.6 Å². The predicted molar refractivity (Wildman–Crippen MR) is 56.2 cm³/mol. The summed E-state index contributed by atoms with van der Waals surface area (Å²) in [5, 5.41) is 4.50. The zero-order valence-corrected chi connectivity index (χ0v) is 9.32. The van der Waals surface area contributed by atoms with E-state index in [-0.39, 0.29) is 5.92 Å². The summed E-state index contributed by atoms with van der Waals surface area (Å²) < 4.78 is 0. The van der Waals surface area contributed by atoms with Crippen molar-refractivity contribution in [2.24, 2.45) is 11.7 Å². The third-order valence-electron chi connectivity index (χ3n) is 2.50. The van der Waals surface area contributed by atoms with Gasteiger partial charge in [0.2, 0.25) is 0 Å². The van der Waals surface area contributed by atoms with Crippen LogP contribution in [0.2, 0.25) is 0 Å². The largest absolute Gasteiger partial charge is 0.352 e. The molecule has 0 saturated carbocycles. The van der Waals surface area contributed by atoms with Crippen molar-refractivity contribution < 1.29 is 14.4 Å². The first kappa shape index (κ1) is 12.3. The lowest BCUT2D eigenvalue weighted by Crippen LogP contribution is -2.48. The quantitative estimate of drug-likeness (QED) is 0.569. The molecule has 0 aromatic carbocycles. The van der Waals surface area contributed by atoms with Crippen molar-refractivity contribution in [1.82, 2.24) is 15.5 Å². The Bertz CT molecular complexity index is 318. The molecule has 5 amide bonds. The van der Waals surface area contributed by atoms with Gasteiger partial charge in [0.15, 0.2) is 6.17 Å². The van der Waals surface area contributed by atoms with Crippen LogP contribution >= 0.6 is 0 Å². The van der Waals surface area contributed by atoms with Crippen LogP contribution in [0.25, 0.3) is 0 Å². The molecule has 7 heteroatoms. The van der Waals surface area contributed by atoms with Gasteiger partial charge in [0, 0.05) is 6.54 Å². The third-order valence-corrected chi connectivity index (χ3v) is 2.50. The predicted octanol–water partition coefficient (Wildman–Crippen LogP) is -0.421. The Hall–Kier alpha value is -1.79. The minimum Gasteiger partial charge on any atom is -0.352 e. The molecule has 2 unspecified atom stereocenters. The Kier molecular flexibility index (Phi) is 3.70. The van der Waals surface area contributed by atoms with E-state index in [9.17, 15) is 14.4 Å². The molecule has 4 N–H and O–H groups in total. The zero-order valence-electron chi connectivity index (χ0n) is 9.32. The Balaban J connectivity index is 2.64. The minimum absolute atomic E-state index is 0.224. The molecule has 7 nitrogen and oxygen atoms in total. The molecule has 1 rings (SSSR count). The summed E-state index contributed by atoms with van der Waals surface area (Å²) in [5.74, 6) is -0.244. The second-order valence-corrected chi connectivity index (χ2v) is 3.85. The fourth-order valence-electron chi connectivity index (χ4n) is 1.37. The number of hydrogen-bond acceptors (Lipinski definition) is 3. The zero-order chi connectivity index (χ0) is 12.3. The van der Waals surface area contributed by atoms with Gasteiger partial charge in [-0.3, -0.25) is 9.69 Å². The van der Waals surface area contributed by atoms with Gasteiger partial charge in [0.25, 0.3) is 5.91 Å². The van der Waals surface area contributed by atoms with E-state index in [1.807, 2.05) is 13.8 Å². The van der Waals surface area contributed by atoms with Crippen LogP contribution < -0.4 is 16.4 Å². The molecule has 1 saturated heterocycles. The molecule has 1 fully saturated rings. The molecule has 0 radical (unpaired) electrons. The number of hydrogen-bond donors (Lipinski definition) is 3. The lowest BCUT2D eigenvalue weighted by atomic mass is 10.1. The number of carbonyl (C=O) groups excluding carboxylic acids is 3. The summed E-state index contributed by atoms with van der Waals surface area (Å²) in [5.41, 5.74) is 4.88. The van der Waals surface area contributed by atoms with Gasteiger partial charge in [-0.15, -0.1) is 0 Å². The summed E-state index contributed by atoms with van der Waals surface area (Å²) in [6.45, 7) is 4.26. The first-order chi connectivity index (χ1) is 7.45. The summed E-state index contributed by atoms with van der Waals surface area (Å²) >= 11 is 0. The molecule has 1 aliphatic rings. The van der Waals surface area contributed by atoms with Crippen LogP contribution in [-0.2, 0) is 4.79 Å². The lowest BCUT2D eigenvalue weighted by molar-refractivity contribution is -0.128. The van der Waals surface area contributed by atoms with E-state index in [0.717, 1.165) is 11.3 Å². The highest BCUT2D eigenvalue weighted by molar-refractivity contribution is 6.05. The van der Waals surface area contributed by atoms with Crippen LogP contribution in [0.15, 0.2) is 0 Å². The van der Waals surface area contributed by atoms with Crippen molar-refractivity contribution in [3.05, 3.63) is 0 Å². The first-order valence-corrected chi connectivity index (χ1v) is 5.13. The lowest BCUT2D eigenvalue weighted by Gasteiger charge is -2.16. The molecule has 2 atom stereocenters. The number of rotatable bonds is 4. The SMILES string of the molecule is CCC(C)CN1C(=O)NC(NC(N)=O)C1=O. The molecule has 0 aromatic heterocycles. The number of urea groups is 2. The van der Waals surface area contributed by atoms with E-state index in [1.165, 1.54) is 0 Å². The number of carbonyl (C=O) groups is 3. The van der Waals surface area contributed by atoms with Crippen molar-refractivity contribution in [1.29, 1.82) is 0 Å². The Morgan fingerprint density at radius 2 is 2.25 bits per heavy atom. The Morgan fingerprint density at radius 1 is 1.62 bits per heavy atom. The average Bonchev–Trinajstić information content (AvgIpc) is 2.45. The van der Waals surface area contributed by atoms with Crippen molar-refractivity contribution >= 4 is 18.0 Å². The maximum Gasteiger partial charge on any atom is 0.326 e. The second-order valence-electron chi connectivity index (χ2n) is 3.85. The van der Waals surface area contributed by atoms with Gasteiger partial charge in [-0.1, -0.05) is 20.3 Å². The number of imide groups is 1. The maximum absolute atomic E-state index is 11.7. The summed E-state index contributed by atoms with van der Waals surface area (Å²) in [6.07, 6.45) is -0.167. The van der Waals surface area contributed by atoms with E-state index in [0.29, 0.717) is 6.54 Å². The minimum atomic E-state index is -1.03. The smallest absolute Gasteiger partial charge is 0.326 e. The third kappa shape index (κ3) is 2.62. The molecule has 0 spiro atoms. The highest BCUT2D eigenvalue weighted by Crippen LogP contribution is 2.10. The summed E-state index contributed by atoms with van der Waals surface area (Å²) in [4.78, 5) is 34.8. The Morgan fingerprint density at radius 3 is 2.75 bits per heavy atom. The average molecular weight is 228 g/mol. The van der Waals surface area contributed by atoms with Crippen LogP contribution in [0, 0.1) is 5.92 Å². The van der Waals surface area contributed by atoms with Crippen molar-refractivity contribution in [3.8, 4) is 0 Å². The molecule has 0 bridgehead atoms. The normalized spacial score (nSPS) is 21.9. The number of primary amides is 1. The highest BCUT2D eigenvalue weighted by Gasteiger charge is 2.38. The van der Waals surface area contributed by atoms with E-state index >= 15 is 0 Å². The van der Waals surface area contributed by atoms with Gasteiger partial charge in [-0.25, -0.2) is 9.59 Å². The molecule has 0 aromatic rings. The van der Waals surface area contributed by atoms with Gasteiger partial charge in [0.05, 0.1) is 0 Å².